The third kappa shape index (κ3) is 4.40. The van der Waals surface area contributed by atoms with Crippen molar-refractivity contribution in [1.29, 1.82) is 0 Å². The minimum atomic E-state index is -0.622. The van der Waals surface area contributed by atoms with Gasteiger partial charge >= 0.3 is 0 Å². The molecule has 56 heavy (non-hydrogen) atoms. The first-order valence-electron chi connectivity index (χ1n) is 19.6. The summed E-state index contributed by atoms with van der Waals surface area (Å²) in [6.07, 6.45) is 0. The predicted molar refractivity (Wildman–Crippen MR) is 226 cm³/mol. The van der Waals surface area contributed by atoms with Crippen molar-refractivity contribution in [1.82, 2.24) is 9.97 Å². The van der Waals surface area contributed by atoms with E-state index in [1.807, 2.05) is 6.07 Å². The Bertz CT molecular complexity index is 2850. The number of hydrogen-bond acceptors (Lipinski definition) is 3. The van der Waals surface area contributed by atoms with Crippen LogP contribution in [0.5, 0.6) is 11.5 Å². The smallest absolute Gasteiger partial charge is 0.164 e. The van der Waals surface area contributed by atoms with Gasteiger partial charge in [0.2, 0.25) is 0 Å². The van der Waals surface area contributed by atoms with Gasteiger partial charge in [-0.1, -0.05) is 173 Å². The molecule has 268 valence electrons. The van der Waals surface area contributed by atoms with E-state index in [0.29, 0.717) is 5.82 Å². The standard InChI is InChI=1S/C53H40N2O/c1-51(2)38-21-9-8-19-35(38)36-30-29-34(31-45(36)51)47-32-46(33-17-6-5-7-18-33)54-50(55-47)37-20-16-27-44-49(37)56-48-28-15-14-26-43(48)53(44)41-24-12-10-22-39(41)52(3,4)40-23-11-13-25-42(40)53/h5-32H,1-4H3. The zero-order valence-corrected chi connectivity index (χ0v) is 32.0. The molecule has 0 bridgehead atoms. The van der Waals surface area contributed by atoms with E-state index in [1.165, 1.54) is 44.5 Å². The van der Waals surface area contributed by atoms with Crippen LogP contribution in [0.15, 0.2) is 170 Å². The summed E-state index contributed by atoms with van der Waals surface area (Å²) in [6, 6.07) is 61.3. The van der Waals surface area contributed by atoms with Gasteiger partial charge in [-0.15, -0.1) is 0 Å². The van der Waals surface area contributed by atoms with Gasteiger partial charge in [0, 0.05) is 33.1 Å². The average Bonchev–Trinajstić information content (AvgIpc) is 3.47. The van der Waals surface area contributed by atoms with Gasteiger partial charge < -0.3 is 4.74 Å². The zero-order chi connectivity index (χ0) is 37.8. The maximum atomic E-state index is 7.11. The molecule has 0 unspecified atom stereocenters. The topological polar surface area (TPSA) is 35.0 Å². The molecule has 2 aliphatic carbocycles. The molecule has 1 aliphatic heterocycles. The maximum absolute atomic E-state index is 7.11. The van der Waals surface area contributed by atoms with Gasteiger partial charge in [-0.3, -0.25) is 0 Å². The van der Waals surface area contributed by atoms with Crippen LogP contribution in [0, 0.1) is 0 Å². The lowest BCUT2D eigenvalue weighted by atomic mass is 9.53. The Kier molecular flexibility index (Phi) is 6.86. The number of fused-ring (bicyclic) bond motifs is 11. The number of aromatic nitrogens is 2. The van der Waals surface area contributed by atoms with E-state index in [1.54, 1.807) is 0 Å². The Balaban J connectivity index is 1.18. The fourth-order valence-electron chi connectivity index (χ4n) is 10.2. The van der Waals surface area contributed by atoms with E-state index in [-0.39, 0.29) is 10.8 Å². The molecule has 1 aromatic heterocycles. The molecule has 0 saturated heterocycles. The molecule has 0 atom stereocenters. The van der Waals surface area contributed by atoms with E-state index in [2.05, 4.69) is 191 Å². The van der Waals surface area contributed by atoms with Gasteiger partial charge in [-0.05, 0) is 68.8 Å². The summed E-state index contributed by atoms with van der Waals surface area (Å²) < 4.78 is 7.11. The van der Waals surface area contributed by atoms with Crippen molar-refractivity contribution < 1.29 is 4.74 Å². The van der Waals surface area contributed by atoms with Crippen molar-refractivity contribution in [2.75, 3.05) is 0 Å². The lowest BCUT2D eigenvalue weighted by Crippen LogP contribution is -2.43. The second-order valence-corrected chi connectivity index (χ2v) is 16.5. The van der Waals surface area contributed by atoms with Crippen molar-refractivity contribution in [3.8, 4) is 56.5 Å². The number of nitrogens with zero attached hydrogens (tertiary/aromatic N) is 2. The lowest BCUT2D eigenvalue weighted by Gasteiger charge is -2.50. The van der Waals surface area contributed by atoms with Crippen LogP contribution in [0.25, 0.3) is 45.0 Å². The lowest BCUT2D eigenvalue weighted by molar-refractivity contribution is 0.426. The first-order valence-corrected chi connectivity index (χ1v) is 19.6. The molecule has 0 radical (unpaired) electrons. The minimum absolute atomic E-state index is 0.130. The Morgan fingerprint density at radius 2 is 0.893 bits per heavy atom. The number of para-hydroxylation sites is 2. The van der Waals surface area contributed by atoms with Crippen LogP contribution in [0.4, 0.5) is 0 Å². The maximum Gasteiger partial charge on any atom is 0.164 e. The van der Waals surface area contributed by atoms with Crippen LogP contribution in [0.3, 0.4) is 0 Å². The molecular weight excluding hydrogens is 681 g/mol. The number of rotatable bonds is 3. The van der Waals surface area contributed by atoms with Crippen molar-refractivity contribution in [3.05, 3.63) is 214 Å². The first-order chi connectivity index (χ1) is 27.3. The molecule has 0 amide bonds. The Morgan fingerprint density at radius 1 is 0.375 bits per heavy atom. The molecule has 3 heteroatoms. The average molecular weight is 721 g/mol. The summed E-state index contributed by atoms with van der Waals surface area (Å²) in [7, 11) is 0. The SMILES string of the molecule is CC1(C)c2ccccc2-c2ccc(-c3cc(-c4ccccc4)nc(-c4cccc5c4Oc4ccccc4C54c5ccccc5C(C)(C)c5ccccc54)n3)cc21. The minimum Gasteiger partial charge on any atom is -0.456 e. The summed E-state index contributed by atoms with van der Waals surface area (Å²) in [4.78, 5) is 10.8. The number of benzene rings is 7. The third-order valence-electron chi connectivity index (χ3n) is 12.8. The fourth-order valence-corrected chi connectivity index (χ4v) is 10.2. The van der Waals surface area contributed by atoms with Crippen LogP contribution in [0.2, 0.25) is 0 Å². The number of hydrogen-bond donors (Lipinski definition) is 0. The van der Waals surface area contributed by atoms with Gasteiger partial charge in [0.05, 0.1) is 22.4 Å². The summed E-state index contributed by atoms with van der Waals surface area (Å²) in [5, 5.41) is 0. The molecule has 0 N–H and O–H groups in total. The molecule has 0 fully saturated rings. The van der Waals surface area contributed by atoms with E-state index >= 15 is 0 Å². The summed E-state index contributed by atoms with van der Waals surface area (Å²) in [5.41, 5.74) is 16.5. The largest absolute Gasteiger partial charge is 0.456 e. The molecule has 8 aromatic rings. The third-order valence-corrected chi connectivity index (χ3v) is 12.8. The Labute approximate surface area is 328 Å². The molecular formula is C53H40N2O. The molecule has 7 aromatic carbocycles. The van der Waals surface area contributed by atoms with Crippen LogP contribution >= 0.6 is 0 Å². The highest BCUT2D eigenvalue weighted by molar-refractivity contribution is 5.85. The van der Waals surface area contributed by atoms with Crippen molar-refractivity contribution in [3.63, 3.8) is 0 Å². The summed E-state index contributed by atoms with van der Waals surface area (Å²) in [6.45, 7) is 9.35. The van der Waals surface area contributed by atoms with Gasteiger partial charge in [-0.25, -0.2) is 9.97 Å². The van der Waals surface area contributed by atoms with Gasteiger partial charge in [0.1, 0.15) is 11.5 Å². The summed E-state index contributed by atoms with van der Waals surface area (Å²) in [5.74, 6) is 2.27. The molecule has 3 nitrogen and oxygen atoms in total. The van der Waals surface area contributed by atoms with Crippen molar-refractivity contribution >= 4 is 0 Å². The summed E-state index contributed by atoms with van der Waals surface area (Å²) >= 11 is 0. The van der Waals surface area contributed by atoms with Crippen LogP contribution in [0.1, 0.15) is 72.2 Å². The molecule has 2 heterocycles. The van der Waals surface area contributed by atoms with Gasteiger partial charge in [0.25, 0.3) is 0 Å². The van der Waals surface area contributed by atoms with E-state index in [9.17, 15) is 0 Å². The normalized spacial score (nSPS) is 15.7. The highest BCUT2D eigenvalue weighted by atomic mass is 16.5. The zero-order valence-electron chi connectivity index (χ0n) is 32.0. The van der Waals surface area contributed by atoms with Gasteiger partial charge in [0.15, 0.2) is 5.82 Å². The molecule has 11 rings (SSSR count). The molecule has 0 saturated carbocycles. The monoisotopic (exact) mass is 720 g/mol. The van der Waals surface area contributed by atoms with Crippen molar-refractivity contribution in [2.45, 2.75) is 43.9 Å². The van der Waals surface area contributed by atoms with Crippen LogP contribution in [-0.2, 0) is 16.2 Å². The van der Waals surface area contributed by atoms with E-state index in [4.69, 9.17) is 14.7 Å². The quantitative estimate of drug-likeness (QED) is 0.182. The highest BCUT2D eigenvalue weighted by Crippen LogP contribution is 2.62. The molecule has 1 spiro atoms. The second kappa shape index (κ2) is 11.7. The van der Waals surface area contributed by atoms with E-state index in [0.717, 1.165) is 50.7 Å². The van der Waals surface area contributed by atoms with Crippen LogP contribution in [-0.4, -0.2) is 9.97 Å². The van der Waals surface area contributed by atoms with Gasteiger partial charge in [-0.2, -0.15) is 0 Å². The molecule has 3 aliphatic rings. The first kappa shape index (κ1) is 32.8. The Hall–Kier alpha value is -6.58. The van der Waals surface area contributed by atoms with E-state index < -0.39 is 5.41 Å². The number of ether oxygens (including phenoxy) is 1. The second-order valence-electron chi connectivity index (χ2n) is 16.5. The fraction of sp³-hybridized carbons (Fsp3) is 0.132. The van der Waals surface area contributed by atoms with Crippen LogP contribution < -0.4 is 4.74 Å². The predicted octanol–water partition coefficient (Wildman–Crippen LogP) is 12.9. The highest BCUT2D eigenvalue weighted by Gasteiger charge is 2.53. The Morgan fingerprint density at radius 3 is 1.61 bits per heavy atom. The van der Waals surface area contributed by atoms with Crippen molar-refractivity contribution in [2.24, 2.45) is 0 Å².